The first-order chi connectivity index (χ1) is 8.88. The minimum absolute atomic E-state index is 0.224. The van der Waals surface area contributed by atoms with Crippen LogP contribution >= 0.6 is 22.9 Å². The normalized spacial score (nSPS) is 21.7. The van der Waals surface area contributed by atoms with Crippen LogP contribution in [0, 0.1) is 12.8 Å². The van der Waals surface area contributed by atoms with Crippen LogP contribution in [0.25, 0.3) is 0 Å². The van der Waals surface area contributed by atoms with E-state index in [1.54, 1.807) is 6.92 Å². The quantitative estimate of drug-likeness (QED) is 0.916. The average molecular weight is 324 g/mol. The molecular weight excluding hydrogens is 306 g/mol. The number of halogens is 1. The third-order valence-electron chi connectivity index (χ3n) is 3.26. The molecule has 2 heterocycles. The maximum atomic E-state index is 12.2. The van der Waals surface area contributed by atoms with Crippen molar-refractivity contribution in [1.82, 2.24) is 14.6 Å². The molecule has 0 spiro atoms. The lowest BCUT2D eigenvalue weighted by molar-refractivity contribution is 0.211. The molecule has 1 unspecified atom stereocenters. The lowest BCUT2D eigenvalue weighted by Gasteiger charge is -2.29. The van der Waals surface area contributed by atoms with Crippen molar-refractivity contribution in [1.29, 1.82) is 0 Å². The second-order valence-corrected chi connectivity index (χ2v) is 8.51. The molecule has 0 aromatic carbocycles. The van der Waals surface area contributed by atoms with Crippen molar-refractivity contribution in [2.75, 3.05) is 26.7 Å². The zero-order valence-electron chi connectivity index (χ0n) is 11.0. The number of hydrogen-bond acceptors (Lipinski definition) is 5. The summed E-state index contributed by atoms with van der Waals surface area (Å²) in [5.74, 6) is 0.372. The summed E-state index contributed by atoms with van der Waals surface area (Å²) in [6, 6.07) is 0. The number of aromatic nitrogens is 1. The van der Waals surface area contributed by atoms with Crippen LogP contribution in [0.5, 0.6) is 0 Å². The largest absolute Gasteiger partial charge is 0.306 e. The Morgan fingerprint density at radius 3 is 2.89 bits per heavy atom. The van der Waals surface area contributed by atoms with Gasteiger partial charge < -0.3 is 4.90 Å². The van der Waals surface area contributed by atoms with Gasteiger partial charge in [-0.25, -0.2) is 18.1 Å². The summed E-state index contributed by atoms with van der Waals surface area (Å²) in [7, 11) is -1.42. The Bertz CT molecular complexity index is 544. The van der Waals surface area contributed by atoms with Gasteiger partial charge in [0.05, 0.1) is 5.69 Å². The van der Waals surface area contributed by atoms with Gasteiger partial charge in [-0.05, 0) is 39.3 Å². The van der Waals surface area contributed by atoms with E-state index in [2.05, 4.69) is 21.7 Å². The molecule has 1 aliphatic rings. The molecule has 108 valence electrons. The van der Waals surface area contributed by atoms with Crippen LogP contribution in [0.4, 0.5) is 0 Å². The number of aryl methyl sites for hydroxylation is 1. The number of rotatable bonds is 4. The van der Waals surface area contributed by atoms with Gasteiger partial charge in [0.2, 0.25) is 0 Å². The van der Waals surface area contributed by atoms with Crippen molar-refractivity contribution in [3.8, 4) is 0 Å². The SMILES string of the molecule is Cc1nc(Cl)sc1S(=O)(=O)NCC1CCCN(C)C1. The van der Waals surface area contributed by atoms with E-state index < -0.39 is 10.0 Å². The van der Waals surface area contributed by atoms with Gasteiger partial charge in [-0.2, -0.15) is 0 Å². The minimum Gasteiger partial charge on any atom is -0.306 e. The molecule has 1 atom stereocenters. The fraction of sp³-hybridized carbons (Fsp3) is 0.727. The number of likely N-dealkylation sites (tertiary alicyclic amines) is 1. The summed E-state index contributed by atoms with van der Waals surface area (Å²) in [6.45, 7) is 4.16. The molecule has 8 heteroatoms. The first-order valence-corrected chi connectivity index (χ1v) is 8.87. The zero-order chi connectivity index (χ0) is 14.0. The summed E-state index contributed by atoms with van der Waals surface area (Å²) in [4.78, 5) is 6.17. The Balaban J connectivity index is 2.00. The highest BCUT2D eigenvalue weighted by molar-refractivity contribution is 7.91. The van der Waals surface area contributed by atoms with Crippen LogP contribution in [0.15, 0.2) is 4.21 Å². The van der Waals surface area contributed by atoms with Crippen LogP contribution in [0.3, 0.4) is 0 Å². The van der Waals surface area contributed by atoms with E-state index in [9.17, 15) is 8.42 Å². The molecule has 1 aromatic rings. The lowest BCUT2D eigenvalue weighted by atomic mass is 9.99. The maximum Gasteiger partial charge on any atom is 0.251 e. The van der Waals surface area contributed by atoms with Crippen molar-refractivity contribution >= 4 is 33.0 Å². The zero-order valence-corrected chi connectivity index (χ0v) is 13.4. The molecule has 0 saturated carbocycles. The highest BCUT2D eigenvalue weighted by Gasteiger charge is 2.24. The summed E-state index contributed by atoms with van der Waals surface area (Å²) in [5, 5.41) is 0. The van der Waals surface area contributed by atoms with Crippen LogP contribution in [-0.2, 0) is 10.0 Å². The van der Waals surface area contributed by atoms with Crippen molar-refractivity contribution in [2.24, 2.45) is 5.92 Å². The molecule has 1 aliphatic heterocycles. The summed E-state index contributed by atoms with van der Waals surface area (Å²) in [5.41, 5.74) is 0.461. The number of piperidine rings is 1. The molecule has 1 N–H and O–H groups in total. The van der Waals surface area contributed by atoms with Gasteiger partial charge >= 0.3 is 0 Å². The molecule has 0 radical (unpaired) electrons. The number of thiazole rings is 1. The summed E-state index contributed by atoms with van der Waals surface area (Å²) in [6.07, 6.45) is 2.18. The van der Waals surface area contributed by atoms with Crippen LogP contribution in [0.2, 0.25) is 4.47 Å². The summed E-state index contributed by atoms with van der Waals surface area (Å²) >= 11 is 6.75. The highest BCUT2D eigenvalue weighted by Crippen LogP contribution is 2.26. The van der Waals surface area contributed by atoms with Crippen LogP contribution < -0.4 is 4.72 Å². The lowest BCUT2D eigenvalue weighted by Crippen LogP contribution is -2.39. The first-order valence-electron chi connectivity index (χ1n) is 6.19. The molecular formula is C11H18ClN3O2S2. The number of hydrogen-bond donors (Lipinski definition) is 1. The first kappa shape index (κ1) is 15.2. The van der Waals surface area contributed by atoms with Gasteiger partial charge in [0.15, 0.2) is 8.68 Å². The standard InChI is InChI=1S/C11H18ClN3O2S2/c1-8-10(18-11(12)14-8)19(16,17)13-6-9-4-3-5-15(2)7-9/h9,13H,3-7H2,1-2H3. The number of nitrogens with zero attached hydrogens (tertiary/aromatic N) is 2. The summed E-state index contributed by atoms with van der Waals surface area (Å²) < 4.78 is 27.5. The van der Waals surface area contributed by atoms with Gasteiger partial charge in [-0.1, -0.05) is 22.9 Å². The molecule has 1 aromatic heterocycles. The molecule has 5 nitrogen and oxygen atoms in total. The second kappa shape index (κ2) is 6.05. The van der Waals surface area contributed by atoms with E-state index in [0.717, 1.165) is 37.3 Å². The fourth-order valence-corrected chi connectivity index (χ4v) is 5.23. The van der Waals surface area contributed by atoms with Gasteiger partial charge in [0.25, 0.3) is 10.0 Å². The molecule has 1 saturated heterocycles. The monoisotopic (exact) mass is 323 g/mol. The maximum absolute atomic E-state index is 12.2. The topological polar surface area (TPSA) is 62.3 Å². The number of nitrogens with one attached hydrogen (secondary N) is 1. The predicted molar refractivity (Wildman–Crippen MR) is 77.3 cm³/mol. The van der Waals surface area contributed by atoms with Crippen molar-refractivity contribution in [3.63, 3.8) is 0 Å². The Morgan fingerprint density at radius 2 is 2.32 bits per heavy atom. The fourth-order valence-electron chi connectivity index (χ4n) is 2.33. The Morgan fingerprint density at radius 1 is 1.58 bits per heavy atom. The Labute approximate surface area is 123 Å². The smallest absolute Gasteiger partial charge is 0.251 e. The Hall–Kier alpha value is -0.210. The van der Waals surface area contributed by atoms with Gasteiger partial charge in [-0.3, -0.25) is 0 Å². The van der Waals surface area contributed by atoms with E-state index in [1.165, 1.54) is 0 Å². The van der Waals surface area contributed by atoms with Gasteiger partial charge in [-0.15, -0.1) is 0 Å². The van der Waals surface area contributed by atoms with E-state index >= 15 is 0 Å². The van der Waals surface area contributed by atoms with Gasteiger partial charge in [0.1, 0.15) is 0 Å². The molecule has 19 heavy (non-hydrogen) atoms. The minimum atomic E-state index is -3.48. The predicted octanol–water partition coefficient (Wildman–Crippen LogP) is 1.73. The molecule has 0 bridgehead atoms. The van der Waals surface area contributed by atoms with Crippen molar-refractivity contribution < 1.29 is 8.42 Å². The third-order valence-corrected chi connectivity index (χ3v) is 6.55. The molecule has 2 rings (SSSR count). The van der Waals surface area contributed by atoms with E-state index in [0.29, 0.717) is 18.2 Å². The number of sulfonamides is 1. The molecule has 0 amide bonds. The highest BCUT2D eigenvalue weighted by atomic mass is 35.5. The van der Waals surface area contributed by atoms with Gasteiger partial charge in [0, 0.05) is 13.1 Å². The van der Waals surface area contributed by atoms with Crippen LogP contribution in [-0.4, -0.2) is 45.0 Å². The molecule has 1 fully saturated rings. The van der Waals surface area contributed by atoms with Crippen molar-refractivity contribution in [3.05, 3.63) is 10.2 Å². The van der Waals surface area contributed by atoms with E-state index in [4.69, 9.17) is 11.6 Å². The Kier molecular flexibility index (Phi) is 4.84. The molecule has 0 aliphatic carbocycles. The average Bonchev–Trinajstić information content (AvgIpc) is 2.67. The third kappa shape index (κ3) is 3.88. The van der Waals surface area contributed by atoms with Crippen molar-refractivity contribution in [2.45, 2.75) is 24.0 Å². The van der Waals surface area contributed by atoms with E-state index in [-0.39, 0.29) is 8.68 Å². The van der Waals surface area contributed by atoms with Crippen LogP contribution in [0.1, 0.15) is 18.5 Å². The second-order valence-electron chi connectivity index (χ2n) is 4.96. The van der Waals surface area contributed by atoms with E-state index in [1.807, 2.05) is 0 Å².